The standard InChI is InChI=1S/C19H22N2OS/c1-15-7-3-5-9-17(15)23-18-10-6-4-8-16(18)19(22)21-13-11-20(2)12-14-21/h3-10H,11-14H2,1-2H3. The van der Waals surface area contributed by atoms with Crippen LogP contribution in [0.4, 0.5) is 0 Å². The maximum atomic E-state index is 12.9. The van der Waals surface area contributed by atoms with E-state index in [0.717, 1.165) is 36.6 Å². The highest BCUT2D eigenvalue weighted by Crippen LogP contribution is 2.33. The fourth-order valence-corrected chi connectivity index (χ4v) is 3.73. The summed E-state index contributed by atoms with van der Waals surface area (Å²) in [5.74, 6) is 0.148. The Morgan fingerprint density at radius 2 is 1.52 bits per heavy atom. The lowest BCUT2D eigenvalue weighted by atomic mass is 10.2. The van der Waals surface area contributed by atoms with Crippen LogP contribution in [0.15, 0.2) is 58.3 Å². The van der Waals surface area contributed by atoms with Crippen LogP contribution in [0, 0.1) is 6.92 Å². The van der Waals surface area contributed by atoms with Gasteiger partial charge in [0.05, 0.1) is 5.56 Å². The smallest absolute Gasteiger partial charge is 0.255 e. The highest BCUT2D eigenvalue weighted by molar-refractivity contribution is 7.99. The number of amides is 1. The molecule has 1 aliphatic heterocycles. The van der Waals surface area contributed by atoms with Gasteiger partial charge in [0, 0.05) is 36.0 Å². The van der Waals surface area contributed by atoms with Gasteiger partial charge in [-0.15, -0.1) is 0 Å². The number of aryl methyl sites for hydroxylation is 1. The number of carbonyl (C=O) groups excluding carboxylic acids is 1. The second-order valence-electron chi connectivity index (χ2n) is 5.96. The van der Waals surface area contributed by atoms with Gasteiger partial charge in [0.15, 0.2) is 0 Å². The first kappa shape index (κ1) is 16.1. The second kappa shape index (κ2) is 7.20. The van der Waals surface area contributed by atoms with E-state index in [1.54, 1.807) is 11.8 Å². The van der Waals surface area contributed by atoms with Crippen molar-refractivity contribution in [3.63, 3.8) is 0 Å². The third-order valence-electron chi connectivity index (χ3n) is 4.22. The van der Waals surface area contributed by atoms with Gasteiger partial charge >= 0.3 is 0 Å². The van der Waals surface area contributed by atoms with Gasteiger partial charge in [-0.25, -0.2) is 0 Å². The predicted octanol–water partition coefficient (Wildman–Crippen LogP) is 3.53. The molecule has 1 fully saturated rings. The maximum absolute atomic E-state index is 12.9. The number of rotatable bonds is 3. The van der Waals surface area contributed by atoms with Crippen LogP contribution in [0.25, 0.3) is 0 Å². The average Bonchev–Trinajstić information content (AvgIpc) is 2.57. The maximum Gasteiger partial charge on any atom is 0.255 e. The van der Waals surface area contributed by atoms with E-state index >= 15 is 0 Å². The summed E-state index contributed by atoms with van der Waals surface area (Å²) >= 11 is 1.68. The second-order valence-corrected chi connectivity index (χ2v) is 7.04. The predicted molar refractivity (Wildman–Crippen MR) is 95.1 cm³/mol. The van der Waals surface area contributed by atoms with Crippen LogP contribution in [0.5, 0.6) is 0 Å². The number of piperazine rings is 1. The Kier molecular flexibility index (Phi) is 5.03. The third-order valence-corrected chi connectivity index (χ3v) is 5.48. The fraction of sp³-hybridized carbons (Fsp3) is 0.316. The highest BCUT2D eigenvalue weighted by atomic mass is 32.2. The summed E-state index contributed by atoms with van der Waals surface area (Å²) in [6.07, 6.45) is 0. The Hall–Kier alpha value is -1.78. The largest absolute Gasteiger partial charge is 0.336 e. The van der Waals surface area contributed by atoms with Crippen molar-refractivity contribution in [2.45, 2.75) is 16.7 Å². The molecule has 1 saturated heterocycles. The number of likely N-dealkylation sites (N-methyl/N-ethyl adjacent to an activating group) is 1. The summed E-state index contributed by atoms with van der Waals surface area (Å²) in [6.45, 7) is 5.60. The van der Waals surface area contributed by atoms with Gasteiger partial charge in [0.1, 0.15) is 0 Å². The van der Waals surface area contributed by atoms with Crippen LogP contribution in [-0.2, 0) is 0 Å². The van der Waals surface area contributed by atoms with E-state index in [1.165, 1.54) is 10.5 Å². The molecule has 2 aromatic rings. The SMILES string of the molecule is Cc1ccccc1Sc1ccccc1C(=O)N1CCN(C)CC1. The van der Waals surface area contributed by atoms with Gasteiger partial charge < -0.3 is 9.80 Å². The molecular formula is C19H22N2OS. The Morgan fingerprint density at radius 3 is 2.22 bits per heavy atom. The molecule has 0 N–H and O–H groups in total. The lowest BCUT2D eigenvalue weighted by Gasteiger charge is -2.32. The zero-order chi connectivity index (χ0) is 16.2. The van der Waals surface area contributed by atoms with Crippen LogP contribution >= 0.6 is 11.8 Å². The summed E-state index contributed by atoms with van der Waals surface area (Å²) in [7, 11) is 2.10. The first-order valence-electron chi connectivity index (χ1n) is 7.95. The molecule has 0 saturated carbocycles. The van der Waals surface area contributed by atoms with E-state index in [1.807, 2.05) is 41.3 Å². The quantitative estimate of drug-likeness (QED) is 0.862. The number of hydrogen-bond acceptors (Lipinski definition) is 3. The molecule has 3 rings (SSSR count). The zero-order valence-corrected chi connectivity index (χ0v) is 14.5. The zero-order valence-electron chi connectivity index (χ0n) is 13.7. The van der Waals surface area contributed by atoms with Crippen molar-refractivity contribution < 1.29 is 4.79 Å². The molecule has 0 spiro atoms. The van der Waals surface area contributed by atoms with Gasteiger partial charge in [-0.05, 0) is 37.7 Å². The Labute approximate surface area is 142 Å². The summed E-state index contributed by atoms with van der Waals surface area (Å²) in [4.78, 5) is 19.4. The van der Waals surface area contributed by atoms with Crippen LogP contribution in [0.2, 0.25) is 0 Å². The van der Waals surface area contributed by atoms with Crippen molar-refractivity contribution >= 4 is 17.7 Å². The minimum atomic E-state index is 0.148. The molecule has 23 heavy (non-hydrogen) atoms. The van der Waals surface area contributed by atoms with Crippen molar-refractivity contribution in [3.05, 3.63) is 59.7 Å². The van der Waals surface area contributed by atoms with Crippen LogP contribution in [-0.4, -0.2) is 48.9 Å². The molecule has 0 unspecified atom stereocenters. The van der Waals surface area contributed by atoms with Gasteiger partial charge in [-0.3, -0.25) is 4.79 Å². The summed E-state index contributed by atoms with van der Waals surface area (Å²) in [5.41, 5.74) is 2.05. The third kappa shape index (κ3) is 3.77. The monoisotopic (exact) mass is 326 g/mol. The van der Waals surface area contributed by atoms with E-state index in [4.69, 9.17) is 0 Å². The van der Waals surface area contributed by atoms with E-state index < -0.39 is 0 Å². The average molecular weight is 326 g/mol. The molecule has 1 heterocycles. The topological polar surface area (TPSA) is 23.6 Å². The molecule has 4 heteroatoms. The molecule has 120 valence electrons. The van der Waals surface area contributed by atoms with Gasteiger partial charge in [0.2, 0.25) is 0 Å². The molecule has 0 aromatic heterocycles. The van der Waals surface area contributed by atoms with Crippen LogP contribution in [0.3, 0.4) is 0 Å². The van der Waals surface area contributed by atoms with Crippen molar-refractivity contribution in [2.24, 2.45) is 0 Å². The molecule has 3 nitrogen and oxygen atoms in total. The summed E-state index contributed by atoms with van der Waals surface area (Å²) < 4.78 is 0. The summed E-state index contributed by atoms with van der Waals surface area (Å²) in [5, 5.41) is 0. The van der Waals surface area contributed by atoms with Crippen LogP contribution in [0.1, 0.15) is 15.9 Å². The summed E-state index contributed by atoms with van der Waals surface area (Å²) in [6, 6.07) is 16.2. The van der Waals surface area contributed by atoms with Crippen molar-refractivity contribution in [2.75, 3.05) is 33.2 Å². The van der Waals surface area contributed by atoms with E-state index in [-0.39, 0.29) is 5.91 Å². The Balaban J connectivity index is 1.83. The number of hydrogen-bond donors (Lipinski definition) is 0. The molecule has 1 aliphatic rings. The van der Waals surface area contributed by atoms with Crippen molar-refractivity contribution in [1.82, 2.24) is 9.80 Å². The minimum Gasteiger partial charge on any atom is -0.336 e. The van der Waals surface area contributed by atoms with E-state index in [2.05, 4.69) is 31.0 Å². The first-order chi connectivity index (χ1) is 11.1. The molecular weight excluding hydrogens is 304 g/mol. The highest BCUT2D eigenvalue weighted by Gasteiger charge is 2.22. The number of benzene rings is 2. The molecule has 0 atom stereocenters. The lowest BCUT2D eigenvalue weighted by molar-refractivity contribution is 0.0660. The molecule has 0 radical (unpaired) electrons. The van der Waals surface area contributed by atoms with Gasteiger partial charge in [-0.2, -0.15) is 0 Å². The molecule has 0 bridgehead atoms. The van der Waals surface area contributed by atoms with Gasteiger partial charge in [-0.1, -0.05) is 42.1 Å². The van der Waals surface area contributed by atoms with E-state index in [0.29, 0.717) is 0 Å². The molecule has 1 amide bonds. The normalized spacial score (nSPS) is 15.7. The van der Waals surface area contributed by atoms with Crippen molar-refractivity contribution in [3.8, 4) is 0 Å². The molecule has 2 aromatic carbocycles. The van der Waals surface area contributed by atoms with E-state index in [9.17, 15) is 4.79 Å². The number of carbonyl (C=O) groups is 1. The first-order valence-corrected chi connectivity index (χ1v) is 8.77. The fourth-order valence-electron chi connectivity index (χ4n) is 2.70. The Bertz CT molecular complexity index is 693. The number of nitrogens with zero attached hydrogens (tertiary/aromatic N) is 2. The Morgan fingerprint density at radius 1 is 0.913 bits per heavy atom. The molecule has 0 aliphatic carbocycles. The lowest BCUT2D eigenvalue weighted by Crippen LogP contribution is -2.47. The van der Waals surface area contributed by atoms with Gasteiger partial charge in [0.25, 0.3) is 5.91 Å². The van der Waals surface area contributed by atoms with Crippen LogP contribution < -0.4 is 0 Å². The van der Waals surface area contributed by atoms with Crippen molar-refractivity contribution in [1.29, 1.82) is 0 Å². The minimum absolute atomic E-state index is 0.148.